The molecule has 0 aliphatic carbocycles. The van der Waals surface area contributed by atoms with Crippen molar-refractivity contribution in [2.45, 2.75) is 19.4 Å². The SMILES string of the molecule is COc1noc2c1CNCC2C. The lowest BCUT2D eigenvalue weighted by Gasteiger charge is -2.16. The molecule has 0 radical (unpaired) electrons. The largest absolute Gasteiger partial charge is 0.479 e. The predicted octanol–water partition coefficient (Wildman–Crippen LogP) is 0.890. The van der Waals surface area contributed by atoms with Crippen molar-refractivity contribution in [3.8, 4) is 5.88 Å². The van der Waals surface area contributed by atoms with Crippen LogP contribution < -0.4 is 10.1 Å². The first kappa shape index (κ1) is 7.61. The smallest absolute Gasteiger partial charge is 0.258 e. The van der Waals surface area contributed by atoms with Crippen molar-refractivity contribution in [2.75, 3.05) is 13.7 Å². The van der Waals surface area contributed by atoms with Gasteiger partial charge in [0, 0.05) is 19.0 Å². The van der Waals surface area contributed by atoms with E-state index >= 15 is 0 Å². The molecule has 4 heteroatoms. The Morgan fingerprint density at radius 1 is 1.67 bits per heavy atom. The standard InChI is InChI=1S/C8H12N2O2/c1-5-3-9-4-6-7(5)12-10-8(6)11-2/h5,9H,3-4H2,1-2H3. The molecule has 1 unspecified atom stereocenters. The van der Waals surface area contributed by atoms with Gasteiger partial charge in [-0.25, -0.2) is 0 Å². The fourth-order valence-electron chi connectivity index (χ4n) is 1.52. The van der Waals surface area contributed by atoms with Crippen LogP contribution in [0.5, 0.6) is 5.88 Å². The van der Waals surface area contributed by atoms with Gasteiger partial charge >= 0.3 is 0 Å². The summed E-state index contributed by atoms with van der Waals surface area (Å²) in [5.41, 5.74) is 1.07. The number of hydrogen-bond acceptors (Lipinski definition) is 4. The van der Waals surface area contributed by atoms with Crippen LogP contribution in [-0.2, 0) is 6.54 Å². The Bertz CT molecular complexity index is 283. The Morgan fingerprint density at radius 3 is 3.25 bits per heavy atom. The number of rotatable bonds is 1. The van der Waals surface area contributed by atoms with Crippen LogP contribution in [0.15, 0.2) is 4.52 Å². The Kier molecular flexibility index (Phi) is 1.77. The number of hydrogen-bond donors (Lipinski definition) is 1. The van der Waals surface area contributed by atoms with E-state index < -0.39 is 0 Å². The minimum absolute atomic E-state index is 0.394. The molecule has 0 amide bonds. The molecule has 1 atom stereocenters. The molecular weight excluding hydrogens is 156 g/mol. The molecule has 0 aromatic carbocycles. The molecule has 0 fully saturated rings. The van der Waals surface area contributed by atoms with E-state index in [-0.39, 0.29) is 0 Å². The summed E-state index contributed by atoms with van der Waals surface area (Å²) in [5.74, 6) is 1.97. The van der Waals surface area contributed by atoms with E-state index in [0.717, 1.165) is 24.4 Å². The molecule has 2 heterocycles. The van der Waals surface area contributed by atoms with Crippen molar-refractivity contribution in [1.82, 2.24) is 10.5 Å². The van der Waals surface area contributed by atoms with Crippen molar-refractivity contribution in [3.63, 3.8) is 0 Å². The number of methoxy groups -OCH3 is 1. The Balaban J connectivity index is 2.41. The van der Waals surface area contributed by atoms with Crippen molar-refractivity contribution >= 4 is 0 Å². The van der Waals surface area contributed by atoms with E-state index in [9.17, 15) is 0 Å². The van der Waals surface area contributed by atoms with Gasteiger partial charge in [-0.1, -0.05) is 6.92 Å². The molecule has 1 aliphatic rings. The van der Waals surface area contributed by atoms with Gasteiger partial charge in [0.15, 0.2) is 0 Å². The summed E-state index contributed by atoms with van der Waals surface area (Å²) in [6, 6.07) is 0. The predicted molar refractivity (Wildman–Crippen MR) is 43.2 cm³/mol. The van der Waals surface area contributed by atoms with Gasteiger partial charge in [-0.15, -0.1) is 0 Å². The van der Waals surface area contributed by atoms with Crippen LogP contribution in [-0.4, -0.2) is 18.8 Å². The van der Waals surface area contributed by atoms with Crippen LogP contribution >= 0.6 is 0 Å². The lowest BCUT2D eigenvalue weighted by molar-refractivity contribution is 0.318. The number of nitrogens with one attached hydrogen (secondary N) is 1. The van der Waals surface area contributed by atoms with Gasteiger partial charge in [-0.2, -0.15) is 0 Å². The quantitative estimate of drug-likeness (QED) is 0.676. The van der Waals surface area contributed by atoms with E-state index in [1.165, 1.54) is 0 Å². The van der Waals surface area contributed by atoms with Crippen LogP contribution in [0.2, 0.25) is 0 Å². The molecular formula is C8H12N2O2. The molecule has 0 spiro atoms. The summed E-state index contributed by atoms with van der Waals surface area (Å²) < 4.78 is 10.2. The molecule has 0 bridgehead atoms. The zero-order valence-electron chi connectivity index (χ0n) is 7.26. The van der Waals surface area contributed by atoms with Crippen molar-refractivity contribution in [1.29, 1.82) is 0 Å². The monoisotopic (exact) mass is 168 g/mol. The van der Waals surface area contributed by atoms with Crippen LogP contribution in [0.4, 0.5) is 0 Å². The zero-order valence-corrected chi connectivity index (χ0v) is 7.26. The topological polar surface area (TPSA) is 47.3 Å². The van der Waals surface area contributed by atoms with Crippen LogP contribution in [0, 0.1) is 0 Å². The van der Waals surface area contributed by atoms with Gasteiger partial charge in [0.1, 0.15) is 5.76 Å². The zero-order chi connectivity index (χ0) is 8.55. The lowest BCUT2D eigenvalue weighted by Crippen LogP contribution is -2.25. The molecule has 1 N–H and O–H groups in total. The maximum Gasteiger partial charge on any atom is 0.258 e. The van der Waals surface area contributed by atoms with Crippen molar-refractivity contribution < 1.29 is 9.26 Å². The van der Waals surface area contributed by atoms with Crippen LogP contribution in [0.1, 0.15) is 24.2 Å². The molecule has 0 saturated heterocycles. The summed E-state index contributed by atoms with van der Waals surface area (Å²) in [6.07, 6.45) is 0. The molecule has 2 rings (SSSR count). The third-order valence-electron chi connectivity index (χ3n) is 2.18. The fourth-order valence-corrected chi connectivity index (χ4v) is 1.52. The number of ether oxygens (including phenoxy) is 1. The van der Waals surface area contributed by atoms with Gasteiger partial charge in [0.25, 0.3) is 5.88 Å². The van der Waals surface area contributed by atoms with E-state index in [2.05, 4.69) is 17.4 Å². The summed E-state index contributed by atoms with van der Waals surface area (Å²) >= 11 is 0. The first-order chi connectivity index (χ1) is 5.83. The van der Waals surface area contributed by atoms with E-state index in [1.54, 1.807) is 7.11 Å². The Morgan fingerprint density at radius 2 is 2.50 bits per heavy atom. The normalized spacial score (nSPS) is 22.0. The molecule has 66 valence electrons. The van der Waals surface area contributed by atoms with Crippen LogP contribution in [0.3, 0.4) is 0 Å². The number of fused-ring (bicyclic) bond motifs is 1. The molecule has 1 aromatic heterocycles. The highest BCUT2D eigenvalue weighted by Crippen LogP contribution is 2.29. The maximum atomic E-state index is 5.18. The van der Waals surface area contributed by atoms with E-state index in [0.29, 0.717) is 11.8 Å². The van der Waals surface area contributed by atoms with Gasteiger partial charge in [0.05, 0.1) is 12.7 Å². The average molecular weight is 168 g/mol. The Labute approximate surface area is 70.9 Å². The van der Waals surface area contributed by atoms with Crippen molar-refractivity contribution in [2.24, 2.45) is 0 Å². The fraction of sp³-hybridized carbons (Fsp3) is 0.625. The van der Waals surface area contributed by atoms with Gasteiger partial charge in [-0.05, 0) is 5.16 Å². The van der Waals surface area contributed by atoms with E-state index in [4.69, 9.17) is 9.26 Å². The first-order valence-corrected chi connectivity index (χ1v) is 4.06. The highest BCUT2D eigenvalue weighted by Gasteiger charge is 2.24. The van der Waals surface area contributed by atoms with Crippen LogP contribution in [0.25, 0.3) is 0 Å². The summed E-state index contributed by atoms with van der Waals surface area (Å²) in [7, 11) is 1.61. The summed E-state index contributed by atoms with van der Waals surface area (Å²) in [4.78, 5) is 0. The van der Waals surface area contributed by atoms with Gasteiger partial charge in [0.2, 0.25) is 0 Å². The molecule has 4 nitrogen and oxygen atoms in total. The van der Waals surface area contributed by atoms with E-state index in [1.807, 2.05) is 0 Å². The van der Waals surface area contributed by atoms with Gasteiger partial charge < -0.3 is 14.6 Å². The summed E-state index contributed by atoms with van der Waals surface area (Å²) in [6.45, 7) is 3.85. The Hall–Kier alpha value is -1.03. The lowest BCUT2D eigenvalue weighted by atomic mass is 10.0. The molecule has 12 heavy (non-hydrogen) atoms. The number of nitrogens with zero attached hydrogens (tertiary/aromatic N) is 1. The molecule has 1 aromatic rings. The molecule has 1 aliphatic heterocycles. The third kappa shape index (κ3) is 0.992. The first-order valence-electron chi connectivity index (χ1n) is 4.06. The minimum atomic E-state index is 0.394. The van der Waals surface area contributed by atoms with Gasteiger partial charge in [-0.3, -0.25) is 0 Å². The van der Waals surface area contributed by atoms with Crippen molar-refractivity contribution in [3.05, 3.63) is 11.3 Å². The second-order valence-corrected chi connectivity index (χ2v) is 3.07. The highest BCUT2D eigenvalue weighted by molar-refractivity contribution is 5.32. The minimum Gasteiger partial charge on any atom is -0.479 e. The third-order valence-corrected chi connectivity index (χ3v) is 2.18. The maximum absolute atomic E-state index is 5.18. The number of aromatic nitrogens is 1. The second-order valence-electron chi connectivity index (χ2n) is 3.07. The second kappa shape index (κ2) is 2.79. The highest BCUT2D eigenvalue weighted by atomic mass is 16.5. The summed E-state index contributed by atoms with van der Waals surface area (Å²) in [5, 5.41) is 7.10. The molecule has 0 saturated carbocycles. The average Bonchev–Trinajstić information content (AvgIpc) is 2.49.